The number of H-pyrrole nitrogens is 1. The molecule has 1 heterocycles. The van der Waals surface area contributed by atoms with Crippen LogP contribution in [0.5, 0.6) is 5.75 Å². The first-order valence-corrected chi connectivity index (χ1v) is 8.87. The van der Waals surface area contributed by atoms with Gasteiger partial charge in [0.1, 0.15) is 11.6 Å². The Labute approximate surface area is 153 Å². The van der Waals surface area contributed by atoms with Crippen LogP contribution in [0.1, 0.15) is 36.8 Å². The number of nitrogens with zero attached hydrogens (tertiary/aromatic N) is 1. The van der Waals surface area contributed by atoms with Crippen LogP contribution in [-0.4, -0.2) is 22.5 Å². The Morgan fingerprint density at radius 2 is 1.85 bits per heavy atom. The highest BCUT2D eigenvalue weighted by atomic mass is 16.5. The van der Waals surface area contributed by atoms with Gasteiger partial charge in [-0.05, 0) is 55.2 Å². The number of carbonyl (C=O) groups is 1. The lowest BCUT2D eigenvalue weighted by molar-refractivity contribution is -0.124. The van der Waals surface area contributed by atoms with Crippen LogP contribution < -0.4 is 10.1 Å². The second-order valence-electron chi connectivity index (χ2n) is 7.04. The summed E-state index contributed by atoms with van der Waals surface area (Å²) < 4.78 is 5.66. The van der Waals surface area contributed by atoms with Crippen LogP contribution >= 0.6 is 0 Å². The molecule has 1 atom stereocenters. The summed E-state index contributed by atoms with van der Waals surface area (Å²) in [7, 11) is 0. The second-order valence-corrected chi connectivity index (χ2v) is 7.04. The van der Waals surface area contributed by atoms with Crippen LogP contribution in [-0.2, 0) is 4.79 Å². The number of amides is 1. The van der Waals surface area contributed by atoms with Crippen LogP contribution in [0.2, 0.25) is 0 Å². The lowest BCUT2D eigenvalue weighted by Crippen LogP contribution is -2.35. The molecule has 0 fully saturated rings. The van der Waals surface area contributed by atoms with Gasteiger partial charge >= 0.3 is 0 Å². The number of para-hydroxylation sites is 2. The summed E-state index contributed by atoms with van der Waals surface area (Å²) in [6.07, 6.45) is 0. The molecule has 5 nitrogen and oxygen atoms in total. The first kappa shape index (κ1) is 18.0. The molecule has 1 amide bonds. The SMILES string of the molecule is Cc1cc(C)cc(OCC(=O)N[C@H](c2nc3ccccc3[nH]2)C(C)C)c1. The van der Waals surface area contributed by atoms with Crippen LogP contribution in [0, 0.1) is 19.8 Å². The van der Waals surface area contributed by atoms with Crippen molar-refractivity contribution in [1.29, 1.82) is 0 Å². The number of nitrogens with one attached hydrogen (secondary N) is 2. The fourth-order valence-electron chi connectivity index (χ4n) is 3.05. The Hall–Kier alpha value is -2.82. The third-order valence-electron chi connectivity index (χ3n) is 4.25. The highest BCUT2D eigenvalue weighted by molar-refractivity contribution is 5.78. The monoisotopic (exact) mass is 351 g/mol. The van der Waals surface area contributed by atoms with E-state index in [1.807, 2.05) is 50.2 Å². The molecule has 2 N–H and O–H groups in total. The van der Waals surface area contributed by atoms with Gasteiger partial charge in [-0.25, -0.2) is 4.98 Å². The Morgan fingerprint density at radius 1 is 1.15 bits per heavy atom. The molecule has 1 aromatic heterocycles. The third-order valence-corrected chi connectivity index (χ3v) is 4.25. The molecule has 0 spiro atoms. The number of imidazole rings is 1. The molecular formula is C21H25N3O2. The minimum Gasteiger partial charge on any atom is -0.484 e. The van der Waals surface area contributed by atoms with Crippen molar-refractivity contribution in [2.45, 2.75) is 33.7 Å². The predicted octanol–water partition coefficient (Wildman–Crippen LogP) is 4.07. The lowest BCUT2D eigenvalue weighted by atomic mass is 10.0. The summed E-state index contributed by atoms with van der Waals surface area (Å²) in [5, 5.41) is 3.04. The van der Waals surface area contributed by atoms with E-state index in [9.17, 15) is 4.79 Å². The molecule has 3 rings (SSSR count). The van der Waals surface area contributed by atoms with Gasteiger partial charge in [-0.15, -0.1) is 0 Å². The van der Waals surface area contributed by atoms with Crippen molar-refractivity contribution >= 4 is 16.9 Å². The number of ether oxygens (including phenoxy) is 1. The molecule has 5 heteroatoms. The van der Waals surface area contributed by atoms with Gasteiger partial charge in [0, 0.05) is 0 Å². The van der Waals surface area contributed by atoms with E-state index in [1.54, 1.807) is 0 Å². The molecule has 0 aliphatic rings. The van der Waals surface area contributed by atoms with E-state index in [4.69, 9.17) is 4.74 Å². The largest absolute Gasteiger partial charge is 0.484 e. The van der Waals surface area contributed by atoms with E-state index in [0.29, 0.717) is 5.75 Å². The summed E-state index contributed by atoms with van der Waals surface area (Å²) in [4.78, 5) is 20.3. The molecule has 0 bridgehead atoms. The topological polar surface area (TPSA) is 67.0 Å². The van der Waals surface area contributed by atoms with Crippen molar-refractivity contribution in [3.8, 4) is 5.75 Å². The number of benzene rings is 2. The van der Waals surface area contributed by atoms with Crippen LogP contribution in [0.15, 0.2) is 42.5 Å². The van der Waals surface area contributed by atoms with Crippen molar-refractivity contribution in [3.05, 3.63) is 59.4 Å². The van der Waals surface area contributed by atoms with Crippen LogP contribution in [0.25, 0.3) is 11.0 Å². The summed E-state index contributed by atoms with van der Waals surface area (Å²) >= 11 is 0. The molecule has 0 saturated heterocycles. The van der Waals surface area contributed by atoms with Crippen molar-refractivity contribution in [3.63, 3.8) is 0 Å². The third kappa shape index (κ3) is 4.23. The highest BCUT2D eigenvalue weighted by Gasteiger charge is 2.22. The second kappa shape index (κ2) is 7.60. The number of rotatable bonds is 6. The van der Waals surface area contributed by atoms with E-state index >= 15 is 0 Å². The highest BCUT2D eigenvalue weighted by Crippen LogP contribution is 2.22. The molecule has 0 aliphatic carbocycles. The van der Waals surface area contributed by atoms with Gasteiger partial charge in [0.15, 0.2) is 6.61 Å². The van der Waals surface area contributed by atoms with E-state index in [2.05, 4.69) is 35.2 Å². The zero-order valence-electron chi connectivity index (χ0n) is 15.7. The summed E-state index contributed by atoms with van der Waals surface area (Å²) in [5.74, 6) is 1.51. The molecule has 2 aromatic carbocycles. The predicted molar refractivity (Wildman–Crippen MR) is 103 cm³/mol. The quantitative estimate of drug-likeness (QED) is 0.703. The van der Waals surface area contributed by atoms with Crippen molar-refractivity contribution in [2.75, 3.05) is 6.61 Å². The fourth-order valence-corrected chi connectivity index (χ4v) is 3.05. The first-order valence-electron chi connectivity index (χ1n) is 8.87. The van der Waals surface area contributed by atoms with Crippen molar-refractivity contribution in [2.24, 2.45) is 5.92 Å². The normalized spacial score (nSPS) is 12.3. The van der Waals surface area contributed by atoms with E-state index in [0.717, 1.165) is 28.0 Å². The Morgan fingerprint density at radius 3 is 2.50 bits per heavy atom. The maximum atomic E-state index is 12.4. The standard InChI is InChI=1S/C21H25N3O2/c1-13(2)20(21-22-17-7-5-6-8-18(17)23-21)24-19(25)12-26-16-10-14(3)9-15(4)11-16/h5-11,13,20H,12H2,1-4H3,(H,22,23)(H,24,25)/t20-/m0/s1. The number of aromatic nitrogens is 2. The Bertz CT molecular complexity index is 861. The van der Waals surface area contributed by atoms with Gasteiger partial charge in [0.05, 0.1) is 17.1 Å². The van der Waals surface area contributed by atoms with Gasteiger partial charge < -0.3 is 15.0 Å². The number of aryl methyl sites for hydroxylation is 2. The average Bonchev–Trinajstić information content (AvgIpc) is 3.00. The van der Waals surface area contributed by atoms with Crippen LogP contribution in [0.4, 0.5) is 0 Å². The number of carbonyl (C=O) groups excluding carboxylic acids is 1. The number of aromatic amines is 1. The minimum absolute atomic E-state index is 0.0215. The molecule has 0 radical (unpaired) electrons. The molecular weight excluding hydrogens is 326 g/mol. The van der Waals surface area contributed by atoms with Gasteiger partial charge in [-0.1, -0.05) is 32.0 Å². The molecule has 3 aromatic rings. The summed E-state index contributed by atoms with van der Waals surface area (Å²) in [6, 6.07) is 13.6. The van der Waals surface area contributed by atoms with Crippen molar-refractivity contribution < 1.29 is 9.53 Å². The molecule has 0 aliphatic heterocycles. The van der Waals surface area contributed by atoms with Gasteiger partial charge in [-0.2, -0.15) is 0 Å². The van der Waals surface area contributed by atoms with Gasteiger partial charge in [-0.3, -0.25) is 4.79 Å². The Kier molecular flexibility index (Phi) is 5.26. The summed E-state index contributed by atoms with van der Waals surface area (Å²) in [5.41, 5.74) is 4.09. The molecule has 0 unspecified atom stereocenters. The smallest absolute Gasteiger partial charge is 0.258 e. The van der Waals surface area contributed by atoms with Crippen molar-refractivity contribution in [1.82, 2.24) is 15.3 Å². The van der Waals surface area contributed by atoms with E-state index < -0.39 is 0 Å². The van der Waals surface area contributed by atoms with E-state index in [1.165, 1.54) is 0 Å². The van der Waals surface area contributed by atoms with Gasteiger partial charge in [0.2, 0.25) is 0 Å². The molecule has 0 saturated carbocycles. The molecule has 26 heavy (non-hydrogen) atoms. The summed E-state index contributed by atoms with van der Waals surface area (Å²) in [6.45, 7) is 8.12. The average molecular weight is 351 g/mol. The maximum Gasteiger partial charge on any atom is 0.258 e. The van der Waals surface area contributed by atoms with Crippen LogP contribution in [0.3, 0.4) is 0 Å². The van der Waals surface area contributed by atoms with Gasteiger partial charge in [0.25, 0.3) is 5.91 Å². The number of hydrogen-bond acceptors (Lipinski definition) is 3. The number of hydrogen-bond donors (Lipinski definition) is 2. The zero-order chi connectivity index (χ0) is 18.7. The minimum atomic E-state index is -0.197. The number of fused-ring (bicyclic) bond motifs is 1. The van der Waals surface area contributed by atoms with E-state index in [-0.39, 0.29) is 24.5 Å². The maximum absolute atomic E-state index is 12.4. The molecule has 136 valence electrons. The first-order chi connectivity index (χ1) is 12.4. The lowest BCUT2D eigenvalue weighted by Gasteiger charge is -2.20. The Balaban J connectivity index is 1.68. The zero-order valence-corrected chi connectivity index (χ0v) is 15.7. The fraction of sp³-hybridized carbons (Fsp3) is 0.333.